The third-order valence-corrected chi connectivity index (χ3v) is 4.97. The molecule has 1 aliphatic heterocycles. The number of anilines is 1. The van der Waals surface area contributed by atoms with Crippen molar-refractivity contribution in [2.45, 2.75) is 13.3 Å². The molecule has 0 atom stereocenters. The maximum absolute atomic E-state index is 12.7. The quantitative estimate of drug-likeness (QED) is 0.749. The Morgan fingerprint density at radius 2 is 2.00 bits per heavy atom. The Labute approximate surface area is 155 Å². The van der Waals surface area contributed by atoms with E-state index in [1.807, 2.05) is 23.2 Å². The molecule has 3 rings (SSSR count). The van der Waals surface area contributed by atoms with Crippen LogP contribution in [-0.4, -0.2) is 42.0 Å². The van der Waals surface area contributed by atoms with Crippen molar-refractivity contribution >= 4 is 39.3 Å². The number of benzene rings is 1. The predicted octanol–water partition coefficient (Wildman–Crippen LogP) is 4.16. The van der Waals surface area contributed by atoms with Crippen LogP contribution in [-0.2, 0) is 0 Å². The van der Waals surface area contributed by atoms with E-state index in [1.54, 1.807) is 12.1 Å². The molecule has 1 fully saturated rings. The Balaban J connectivity index is 1.73. The predicted molar refractivity (Wildman–Crippen MR) is 101 cm³/mol. The molecule has 126 valence electrons. The third-order valence-electron chi connectivity index (χ3n) is 4.20. The van der Waals surface area contributed by atoms with Gasteiger partial charge in [0.25, 0.3) is 5.91 Å². The van der Waals surface area contributed by atoms with Gasteiger partial charge in [-0.15, -0.1) is 0 Å². The van der Waals surface area contributed by atoms with Crippen LogP contribution in [0.3, 0.4) is 0 Å². The monoisotopic (exact) mass is 407 g/mol. The molecule has 0 saturated carbocycles. The van der Waals surface area contributed by atoms with Gasteiger partial charge in [-0.3, -0.25) is 4.79 Å². The number of carbonyl (C=O) groups excluding carboxylic acids is 1. The summed E-state index contributed by atoms with van der Waals surface area (Å²) in [5.41, 5.74) is 1.71. The van der Waals surface area contributed by atoms with E-state index in [0.717, 1.165) is 41.9 Å². The number of aryl methyl sites for hydroxylation is 1. The van der Waals surface area contributed by atoms with Gasteiger partial charge in [-0.2, -0.15) is 0 Å². The van der Waals surface area contributed by atoms with Crippen LogP contribution in [0.5, 0.6) is 0 Å². The van der Waals surface area contributed by atoms with E-state index in [9.17, 15) is 4.79 Å². The highest BCUT2D eigenvalue weighted by molar-refractivity contribution is 9.10. The zero-order chi connectivity index (χ0) is 17.1. The first-order chi connectivity index (χ1) is 11.6. The largest absolute Gasteiger partial charge is 0.355 e. The Hall–Kier alpha value is -1.59. The molecule has 0 bridgehead atoms. The molecule has 1 amide bonds. The van der Waals surface area contributed by atoms with E-state index in [4.69, 9.17) is 11.6 Å². The Kier molecular flexibility index (Phi) is 5.41. The first-order valence-corrected chi connectivity index (χ1v) is 9.14. The minimum atomic E-state index is 0.00272. The maximum Gasteiger partial charge on any atom is 0.255 e. The van der Waals surface area contributed by atoms with Crippen LogP contribution < -0.4 is 4.90 Å². The number of pyridine rings is 1. The summed E-state index contributed by atoms with van der Waals surface area (Å²) in [6.45, 7) is 5.12. The molecule has 2 heterocycles. The summed E-state index contributed by atoms with van der Waals surface area (Å²) in [4.78, 5) is 21.4. The normalized spacial score (nSPS) is 15.3. The van der Waals surface area contributed by atoms with Gasteiger partial charge >= 0.3 is 0 Å². The molecule has 1 aromatic carbocycles. The molecule has 0 radical (unpaired) electrons. The SMILES string of the molecule is Cc1cc(Br)cnc1N1CCCN(C(=O)c2ccccc2Cl)CC1. The standard InChI is InChI=1S/C18H19BrClN3O/c1-13-11-14(19)12-21-17(13)22-7-4-8-23(10-9-22)18(24)15-5-2-3-6-16(15)20/h2-3,5-6,11-12H,4,7-10H2,1H3. The molecule has 4 nitrogen and oxygen atoms in total. The van der Waals surface area contributed by atoms with E-state index < -0.39 is 0 Å². The van der Waals surface area contributed by atoms with Crippen LogP contribution in [0.2, 0.25) is 5.02 Å². The highest BCUT2D eigenvalue weighted by atomic mass is 79.9. The summed E-state index contributed by atoms with van der Waals surface area (Å²) in [5.74, 6) is 0.994. The smallest absolute Gasteiger partial charge is 0.255 e. The van der Waals surface area contributed by atoms with Crippen molar-refractivity contribution in [3.8, 4) is 0 Å². The van der Waals surface area contributed by atoms with Crippen molar-refractivity contribution < 1.29 is 4.79 Å². The second-order valence-electron chi connectivity index (χ2n) is 5.91. The summed E-state index contributed by atoms with van der Waals surface area (Å²) in [7, 11) is 0. The van der Waals surface area contributed by atoms with Gasteiger partial charge in [0.15, 0.2) is 0 Å². The molecule has 2 aromatic rings. The van der Waals surface area contributed by atoms with E-state index in [1.165, 1.54) is 0 Å². The van der Waals surface area contributed by atoms with E-state index in [2.05, 4.69) is 38.8 Å². The average molecular weight is 409 g/mol. The van der Waals surface area contributed by atoms with Crippen LogP contribution in [0, 0.1) is 6.92 Å². The summed E-state index contributed by atoms with van der Waals surface area (Å²) in [6, 6.07) is 9.30. The molecule has 0 unspecified atom stereocenters. The summed E-state index contributed by atoms with van der Waals surface area (Å²) in [6.07, 6.45) is 2.73. The van der Waals surface area contributed by atoms with E-state index in [0.29, 0.717) is 17.1 Å². The van der Waals surface area contributed by atoms with Crippen LogP contribution in [0.4, 0.5) is 5.82 Å². The van der Waals surface area contributed by atoms with Crippen LogP contribution in [0.1, 0.15) is 22.3 Å². The van der Waals surface area contributed by atoms with Gasteiger partial charge in [0.1, 0.15) is 5.82 Å². The van der Waals surface area contributed by atoms with Gasteiger partial charge in [0.05, 0.1) is 10.6 Å². The van der Waals surface area contributed by atoms with Gasteiger partial charge < -0.3 is 9.80 Å². The molecule has 1 saturated heterocycles. The van der Waals surface area contributed by atoms with Gasteiger partial charge in [0.2, 0.25) is 0 Å². The lowest BCUT2D eigenvalue weighted by Crippen LogP contribution is -2.35. The van der Waals surface area contributed by atoms with Crippen LogP contribution in [0.15, 0.2) is 41.0 Å². The molecular formula is C18H19BrClN3O. The van der Waals surface area contributed by atoms with E-state index >= 15 is 0 Å². The number of hydrogen-bond donors (Lipinski definition) is 0. The van der Waals surface area contributed by atoms with Gasteiger partial charge in [-0.1, -0.05) is 23.7 Å². The van der Waals surface area contributed by atoms with Crippen molar-refractivity contribution in [1.82, 2.24) is 9.88 Å². The second kappa shape index (κ2) is 7.53. The van der Waals surface area contributed by atoms with Gasteiger partial charge in [0, 0.05) is 36.8 Å². The van der Waals surface area contributed by atoms with Gasteiger partial charge in [-0.05, 0) is 53.0 Å². The van der Waals surface area contributed by atoms with Crippen molar-refractivity contribution in [3.63, 3.8) is 0 Å². The lowest BCUT2D eigenvalue weighted by molar-refractivity contribution is 0.0767. The second-order valence-corrected chi connectivity index (χ2v) is 7.23. The number of halogens is 2. The zero-order valence-electron chi connectivity index (χ0n) is 13.5. The number of nitrogens with zero attached hydrogens (tertiary/aromatic N) is 3. The first-order valence-electron chi connectivity index (χ1n) is 7.97. The fourth-order valence-corrected chi connectivity index (χ4v) is 3.66. The fourth-order valence-electron chi connectivity index (χ4n) is 3.00. The van der Waals surface area contributed by atoms with Gasteiger partial charge in [-0.25, -0.2) is 4.98 Å². The Morgan fingerprint density at radius 1 is 1.21 bits per heavy atom. The van der Waals surface area contributed by atoms with Crippen molar-refractivity contribution in [3.05, 3.63) is 57.2 Å². The van der Waals surface area contributed by atoms with Crippen molar-refractivity contribution in [2.75, 3.05) is 31.1 Å². The van der Waals surface area contributed by atoms with Crippen LogP contribution >= 0.6 is 27.5 Å². The zero-order valence-corrected chi connectivity index (χ0v) is 15.8. The molecule has 24 heavy (non-hydrogen) atoms. The highest BCUT2D eigenvalue weighted by Gasteiger charge is 2.22. The van der Waals surface area contributed by atoms with Crippen molar-refractivity contribution in [2.24, 2.45) is 0 Å². The summed E-state index contributed by atoms with van der Waals surface area (Å²) < 4.78 is 0.981. The first kappa shape index (κ1) is 17.2. The molecule has 0 spiro atoms. The molecule has 1 aliphatic rings. The Morgan fingerprint density at radius 3 is 2.75 bits per heavy atom. The topological polar surface area (TPSA) is 36.4 Å². The number of carbonyl (C=O) groups is 1. The minimum Gasteiger partial charge on any atom is -0.355 e. The molecular weight excluding hydrogens is 390 g/mol. The number of amides is 1. The maximum atomic E-state index is 12.7. The Bertz CT molecular complexity index is 753. The van der Waals surface area contributed by atoms with Crippen LogP contribution in [0.25, 0.3) is 0 Å². The number of hydrogen-bond acceptors (Lipinski definition) is 3. The molecule has 6 heteroatoms. The average Bonchev–Trinajstić information content (AvgIpc) is 2.81. The highest BCUT2D eigenvalue weighted by Crippen LogP contribution is 2.23. The number of aromatic nitrogens is 1. The summed E-state index contributed by atoms with van der Waals surface area (Å²) >= 11 is 9.62. The lowest BCUT2D eigenvalue weighted by Gasteiger charge is -2.24. The molecule has 0 N–H and O–H groups in total. The minimum absolute atomic E-state index is 0.00272. The lowest BCUT2D eigenvalue weighted by atomic mass is 10.2. The molecule has 1 aromatic heterocycles. The fraction of sp³-hybridized carbons (Fsp3) is 0.333. The summed E-state index contributed by atoms with van der Waals surface area (Å²) in [5, 5.41) is 0.508. The molecule has 0 aliphatic carbocycles. The van der Waals surface area contributed by atoms with E-state index in [-0.39, 0.29) is 5.91 Å². The van der Waals surface area contributed by atoms with Crippen molar-refractivity contribution in [1.29, 1.82) is 0 Å². The number of rotatable bonds is 2. The third kappa shape index (κ3) is 3.73.